The SMILES string of the molecule is CCOc1ccc(S(=O)(=O)NCC(=O)Nc2ccccc2)cc1. The van der Waals surface area contributed by atoms with Gasteiger partial charge in [0.05, 0.1) is 18.0 Å². The Balaban J connectivity index is 1.94. The van der Waals surface area contributed by atoms with Gasteiger partial charge in [0, 0.05) is 5.69 Å². The van der Waals surface area contributed by atoms with E-state index in [9.17, 15) is 13.2 Å². The smallest absolute Gasteiger partial charge is 0.241 e. The molecule has 2 N–H and O–H groups in total. The third-order valence-electron chi connectivity index (χ3n) is 2.93. The minimum atomic E-state index is -3.75. The Labute approximate surface area is 135 Å². The fourth-order valence-electron chi connectivity index (χ4n) is 1.85. The van der Waals surface area contributed by atoms with E-state index in [0.29, 0.717) is 18.0 Å². The predicted molar refractivity (Wildman–Crippen MR) is 87.9 cm³/mol. The second-order valence-corrected chi connectivity index (χ2v) is 6.41. The standard InChI is InChI=1S/C16H18N2O4S/c1-2-22-14-8-10-15(11-9-14)23(20,21)17-12-16(19)18-13-6-4-3-5-7-13/h3-11,17H,2,12H2,1H3,(H,18,19). The summed E-state index contributed by atoms with van der Waals surface area (Å²) in [5.74, 6) is 0.152. The summed E-state index contributed by atoms with van der Waals surface area (Å²) < 4.78 is 31.8. The number of hydrogen-bond donors (Lipinski definition) is 2. The van der Waals surface area contributed by atoms with Gasteiger partial charge in [-0.3, -0.25) is 4.79 Å². The van der Waals surface area contributed by atoms with Crippen molar-refractivity contribution in [2.24, 2.45) is 0 Å². The molecule has 0 aliphatic rings. The van der Waals surface area contributed by atoms with Gasteiger partial charge in [-0.1, -0.05) is 18.2 Å². The molecule has 0 bridgehead atoms. The minimum Gasteiger partial charge on any atom is -0.494 e. The largest absolute Gasteiger partial charge is 0.494 e. The van der Waals surface area contributed by atoms with Crippen LogP contribution in [0.25, 0.3) is 0 Å². The van der Waals surface area contributed by atoms with E-state index < -0.39 is 15.9 Å². The molecule has 0 aliphatic carbocycles. The minimum absolute atomic E-state index is 0.0773. The average Bonchev–Trinajstić information content (AvgIpc) is 2.55. The van der Waals surface area contributed by atoms with Crippen molar-refractivity contribution in [1.82, 2.24) is 4.72 Å². The van der Waals surface area contributed by atoms with Crippen molar-refractivity contribution < 1.29 is 17.9 Å². The van der Waals surface area contributed by atoms with E-state index in [4.69, 9.17) is 4.74 Å². The number of rotatable bonds is 7. The molecule has 0 radical (unpaired) electrons. The van der Waals surface area contributed by atoms with Crippen LogP contribution < -0.4 is 14.8 Å². The number of anilines is 1. The third kappa shape index (κ3) is 5.08. The van der Waals surface area contributed by atoms with Crippen LogP contribution >= 0.6 is 0 Å². The van der Waals surface area contributed by atoms with Gasteiger partial charge in [0.1, 0.15) is 5.75 Å². The Kier molecular flexibility index (Phi) is 5.72. The second-order valence-electron chi connectivity index (χ2n) is 4.64. The molecule has 0 heterocycles. The molecule has 6 nitrogen and oxygen atoms in total. The van der Waals surface area contributed by atoms with Crippen molar-refractivity contribution in [3.8, 4) is 5.75 Å². The van der Waals surface area contributed by atoms with Gasteiger partial charge in [0.25, 0.3) is 0 Å². The molecule has 122 valence electrons. The fourth-order valence-corrected chi connectivity index (χ4v) is 2.83. The molecule has 7 heteroatoms. The zero-order valence-corrected chi connectivity index (χ0v) is 13.5. The quantitative estimate of drug-likeness (QED) is 0.811. The van der Waals surface area contributed by atoms with E-state index in [0.717, 1.165) is 0 Å². The summed E-state index contributed by atoms with van der Waals surface area (Å²) in [4.78, 5) is 11.8. The van der Waals surface area contributed by atoms with Crippen LogP contribution in [0.1, 0.15) is 6.92 Å². The van der Waals surface area contributed by atoms with Crippen molar-refractivity contribution in [2.45, 2.75) is 11.8 Å². The number of benzene rings is 2. The molecule has 0 saturated carbocycles. The molecule has 0 fully saturated rings. The Hall–Kier alpha value is -2.38. The van der Waals surface area contributed by atoms with E-state index >= 15 is 0 Å². The fraction of sp³-hybridized carbons (Fsp3) is 0.188. The van der Waals surface area contributed by atoms with Crippen molar-refractivity contribution in [1.29, 1.82) is 0 Å². The van der Waals surface area contributed by atoms with E-state index in [1.54, 1.807) is 36.4 Å². The van der Waals surface area contributed by atoms with Crippen LogP contribution in [0.4, 0.5) is 5.69 Å². The van der Waals surface area contributed by atoms with Gasteiger partial charge < -0.3 is 10.1 Å². The number of carbonyl (C=O) groups excluding carboxylic acids is 1. The molecule has 1 amide bonds. The van der Waals surface area contributed by atoms with E-state index in [-0.39, 0.29) is 11.4 Å². The lowest BCUT2D eigenvalue weighted by Gasteiger charge is -2.09. The lowest BCUT2D eigenvalue weighted by Crippen LogP contribution is -2.32. The molecule has 0 spiro atoms. The second kappa shape index (κ2) is 7.75. The van der Waals surface area contributed by atoms with E-state index in [1.165, 1.54) is 12.1 Å². The topological polar surface area (TPSA) is 84.5 Å². The summed E-state index contributed by atoms with van der Waals surface area (Å²) >= 11 is 0. The van der Waals surface area contributed by atoms with Crippen LogP contribution in [0, 0.1) is 0 Å². The van der Waals surface area contributed by atoms with Crippen molar-refractivity contribution in [3.63, 3.8) is 0 Å². The molecular formula is C16H18N2O4S. The first-order chi connectivity index (χ1) is 11.0. The average molecular weight is 334 g/mol. The Bertz CT molecular complexity index is 743. The Morgan fingerprint density at radius 3 is 2.30 bits per heavy atom. The van der Waals surface area contributed by atoms with Crippen LogP contribution in [0.15, 0.2) is 59.5 Å². The van der Waals surface area contributed by atoms with Gasteiger partial charge in [-0.2, -0.15) is 0 Å². The molecule has 0 unspecified atom stereocenters. The molecule has 0 aliphatic heterocycles. The number of para-hydroxylation sites is 1. The van der Waals surface area contributed by atoms with Gasteiger partial charge in [-0.05, 0) is 43.3 Å². The molecule has 23 heavy (non-hydrogen) atoms. The highest BCUT2D eigenvalue weighted by molar-refractivity contribution is 7.89. The highest BCUT2D eigenvalue weighted by Gasteiger charge is 2.15. The highest BCUT2D eigenvalue weighted by atomic mass is 32.2. The molecule has 2 aromatic rings. The van der Waals surface area contributed by atoms with Crippen molar-refractivity contribution >= 4 is 21.6 Å². The summed E-state index contributed by atoms with van der Waals surface area (Å²) in [6, 6.07) is 14.8. The van der Waals surface area contributed by atoms with Gasteiger partial charge in [0.15, 0.2) is 0 Å². The van der Waals surface area contributed by atoms with Crippen LogP contribution in [0.2, 0.25) is 0 Å². The van der Waals surface area contributed by atoms with Crippen LogP contribution in [-0.4, -0.2) is 27.5 Å². The lowest BCUT2D eigenvalue weighted by atomic mass is 10.3. The van der Waals surface area contributed by atoms with Gasteiger partial charge in [0.2, 0.25) is 15.9 Å². The summed E-state index contributed by atoms with van der Waals surface area (Å²) in [6.45, 7) is 2.01. The maximum absolute atomic E-state index is 12.1. The predicted octanol–water partition coefficient (Wildman–Crippen LogP) is 2.00. The first kappa shape index (κ1) is 17.0. The third-order valence-corrected chi connectivity index (χ3v) is 4.34. The Morgan fingerprint density at radius 1 is 1.04 bits per heavy atom. The number of sulfonamides is 1. The summed E-state index contributed by atoms with van der Waals surface area (Å²) in [5.41, 5.74) is 0.609. The zero-order valence-electron chi connectivity index (χ0n) is 12.7. The summed E-state index contributed by atoms with van der Waals surface area (Å²) in [7, 11) is -3.75. The molecule has 0 aromatic heterocycles. The van der Waals surface area contributed by atoms with E-state index in [1.807, 2.05) is 13.0 Å². The first-order valence-corrected chi connectivity index (χ1v) is 8.57. The maximum Gasteiger partial charge on any atom is 0.241 e. The molecule has 0 saturated heterocycles. The maximum atomic E-state index is 12.1. The van der Waals surface area contributed by atoms with E-state index in [2.05, 4.69) is 10.0 Å². The first-order valence-electron chi connectivity index (χ1n) is 7.08. The van der Waals surface area contributed by atoms with Gasteiger partial charge in [-0.15, -0.1) is 0 Å². The normalized spacial score (nSPS) is 11.0. The van der Waals surface area contributed by atoms with Crippen LogP contribution in [0.5, 0.6) is 5.75 Å². The number of hydrogen-bond acceptors (Lipinski definition) is 4. The Morgan fingerprint density at radius 2 is 1.70 bits per heavy atom. The summed E-state index contributed by atoms with van der Waals surface area (Å²) in [5, 5.41) is 2.61. The van der Waals surface area contributed by atoms with Gasteiger partial charge in [-0.25, -0.2) is 13.1 Å². The number of ether oxygens (including phenoxy) is 1. The van der Waals surface area contributed by atoms with Crippen molar-refractivity contribution in [2.75, 3.05) is 18.5 Å². The monoisotopic (exact) mass is 334 g/mol. The van der Waals surface area contributed by atoms with Gasteiger partial charge >= 0.3 is 0 Å². The van der Waals surface area contributed by atoms with Crippen LogP contribution in [-0.2, 0) is 14.8 Å². The highest BCUT2D eigenvalue weighted by Crippen LogP contribution is 2.15. The molecule has 2 aromatic carbocycles. The molecule has 0 atom stereocenters. The van der Waals surface area contributed by atoms with Crippen LogP contribution in [0.3, 0.4) is 0 Å². The molecular weight excluding hydrogens is 316 g/mol. The number of carbonyl (C=O) groups is 1. The lowest BCUT2D eigenvalue weighted by molar-refractivity contribution is -0.115. The molecule has 2 rings (SSSR count). The number of nitrogens with one attached hydrogen (secondary N) is 2. The zero-order chi connectivity index (χ0) is 16.7. The number of amides is 1. The van der Waals surface area contributed by atoms with Crippen molar-refractivity contribution in [3.05, 3.63) is 54.6 Å². The summed E-state index contributed by atoms with van der Waals surface area (Å²) in [6.07, 6.45) is 0.